The van der Waals surface area contributed by atoms with Gasteiger partial charge in [-0.15, -0.1) is 0 Å². The molecule has 2 saturated heterocycles. The molecule has 2 amide bonds. The van der Waals surface area contributed by atoms with Crippen molar-refractivity contribution >= 4 is 11.8 Å². The molecule has 2 atom stereocenters. The molecular weight excluding hydrogens is 559 g/mol. The molecule has 3 fully saturated rings. The summed E-state index contributed by atoms with van der Waals surface area (Å²) in [6, 6.07) is 4.10. The number of hydrogen-bond acceptors (Lipinski definition) is 5. The van der Waals surface area contributed by atoms with E-state index in [-0.39, 0.29) is 17.7 Å². The van der Waals surface area contributed by atoms with E-state index in [2.05, 4.69) is 22.2 Å². The summed E-state index contributed by atoms with van der Waals surface area (Å²) in [5.41, 5.74) is 1.58. The van der Waals surface area contributed by atoms with Crippen LogP contribution < -0.4 is 5.32 Å². The first kappa shape index (κ1) is 31.5. The fraction of sp³-hybridized carbons (Fsp3) is 0.656. The summed E-state index contributed by atoms with van der Waals surface area (Å²) >= 11 is 0. The first-order valence-corrected chi connectivity index (χ1v) is 15.7. The van der Waals surface area contributed by atoms with Gasteiger partial charge in [0, 0.05) is 37.4 Å². The van der Waals surface area contributed by atoms with E-state index < -0.39 is 29.4 Å². The number of nitrogens with zero attached hydrogens (tertiary/aromatic N) is 4. The monoisotopic (exact) mass is 603 g/mol. The number of benzene rings is 1. The second-order valence-corrected chi connectivity index (χ2v) is 12.6. The van der Waals surface area contributed by atoms with Gasteiger partial charge in [-0.3, -0.25) is 14.5 Å². The highest BCUT2D eigenvalue weighted by molar-refractivity contribution is 6.00. The van der Waals surface area contributed by atoms with Gasteiger partial charge in [-0.2, -0.15) is 18.3 Å². The van der Waals surface area contributed by atoms with Crippen LogP contribution in [0.15, 0.2) is 24.3 Å². The number of amides is 2. The Morgan fingerprint density at radius 3 is 2.33 bits per heavy atom. The van der Waals surface area contributed by atoms with Gasteiger partial charge < -0.3 is 15.3 Å². The predicted molar refractivity (Wildman–Crippen MR) is 156 cm³/mol. The van der Waals surface area contributed by atoms with Crippen molar-refractivity contribution < 1.29 is 27.9 Å². The highest BCUT2D eigenvalue weighted by Crippen LogP contribution is 2.37. The fourth-order valence-corrected chi connectivity index (χ4v) is 7.21. The number of rotatable bonds is 8. The zero-order valence-corrected chi connectivity index (χ0v) is 25.4. The molecule has 43 heavy (non-hydrogen) atoms. The van der Waals surface area contributed by atoms with E-state index in [9.17, 15) is 27.9 Å². The minimum Gasteiger partial charge on any atom is -0.390 e. The average molecular weight is 604 g/mol. The Labute approximate surface area is 251 Å². The number of carbonyl (C=O) groups is 2. The topological polar surface area (TPSA) is 90.7 Å². The van der Waals surface area contributed by atoms with E-state index in [1.165, 1.54) is 12.1 Å². The number of carbonyl (C=O) groups excluding carboxylic acids is 2. The third kappa shape index (κ3) is 6.20. The van der Waals surface area contributed by atoms with E-state index >= 15 is 0 Å². The quantitative estimate of drug-likeness (QED) is 0.448. The van der Waals surface area contributed by atoms with Crippen LogP contribution in [0.1, 0.15) is 87.2 Å². The Kier molecular flexibility index (Phi) is 9.23. The lowest BCUT2D eigenvalue weighted by molar-refractivity contribution is -0.166. The minimum atomic E-state index is -4.40. The van der Waals surface area contributed by atoms with Gasteiger partial charge in [0.1, 0.15) is 11.6 Å². The smallest absolute Gasteiger partial charge is 0.390 e. The molecule has 1 spiro atoms. The van der Waals surface area contributed by atoms with Crippen molar-refractivity contribution in [2.24, 2.45) is 5.92 Å². The molecule has 1 aromatic carbocycles. The number of hydrogen-bond donors (Lipinski definition) is 2. The number of likely N-dealkylation sites (tertiary alicyclic amines) is 1. The number of nitrogens with one attached hydrogen (secondary N) is 1. The lowest BCUT2D eigenvalue weighted by Gasteiger charge is -2.52. The van der Waals surface area contributed by atoms with Gasteiger partial charge in [-0.25, -0.2) is 4.68 Å². The van der Waals surface area contributed by atoms with Crippen LogP contribution in [-0.4, -0.2) is 73.8 Å². The molecule has 5 rings (SSSR count). The number of aryl methyl sites for hydroxylation is 1. The second kappa shape index (κ2) is 12.6. The van der Waals surface area contributed by atoms with E-state index in [4.69, 9.17) is 0 Å². The molecule has 0 radical (unpaired) electrons. The Morgan fingerprint density at radius 2 is 1.72 bits per heavy atom. The van der Waals surface area contributed by atoms with Crippen molar-refractivity contribution in [2.75, 3.05) is 19.6 Å². The van der Waals surface area contributed by atoms with Crippen LogP contribution in [0.25, 0.3) is 5.69 Å². The number of piperidine rings is 1. The van der Waals surface area contributed by atoms with Gasteiger partial charge in [0.05, 0.1) is 23.0 Å². The molecule has 0 bridgehead atoms. The maximum Gasteiger partial charge on any atom is 0.416 e. The summed E-state index contributed by atoms with van der Waals surface area (Å²) < 4.78 is 40.8. The van der Waals surface area contributed by atoms with Crippen LogP contribution in [0.3, 0.4) is 0 Å². The molecule has 3 heterocycles. The number of aliphatic hydroxyl groups is 1. The Balaban J connectivity index is 1.29. The predicted octanol–water partition coefficient (Wildman–Crippen LogP) is 4.91. The van der Waals surface area contributed by atoms with Crippen molar-refractivity contribution in [1.82, 2.24) is 24.9 Å². The standard InChI is InChI=1S/C32H44F3N5O3/c1-4-5-17-39-29(42)27(28(41)23-9-7-6-8-10-23)36-30(43)31(39)15-18-38(19-16-31)20-26-21(2)37-40(22(26)3)25-13-11-24(12-14-25)32(33,34)35/h11-14,23,27-28,41H,4-10,15-20H2,1-3H3,(H,36,43). The van der Waals surface area contributed by atoms with Gasteiger partial charge in [-0.1, -0.05) is 32.6 Å². The molecule has 2 N–H and O–H groups in total. The van der Waals surface area contributed by atoms with E-state index in [1.807, 2.05) is 13.8 Å². The first-order chi connectivity index (χ1) is 20.5. The van der Waals surface area contributed by atoms with Crippen molar-refractivity contribution in [3.8, 4) is 5.69 Å². The maximum atomic E-state index is 13.9. The van der Waals surface area contributed by atoms with Crippen LogP contribution in [0, 0.1) is 19.8 Å². The summed E-state index contributed by atoms with van der Waals surface area (Å²) in [4.78, 5) is 31.7. The molecule has 8 nitrogen and oxygen atoms in total. The SMILES string of the molecule is CCCCN1C(=O)C(C(O)C2CCCCC2)NC(=O)C12CCN(Cc1c(C)nn(-c3ccc(C(F)(F)F)cc3)c1C)CC2. The number of aromatic nitrogens is 2. The molecule has 11 heteroatoms. The number of piperazine rings is 1. The fourth-order valence-electron chi connectivity index (χ4n) is 7.21. The molecule has 2 aliphatic heterocycles. The third-order valence-corrected chi connectivity index (χ3v) is 9.91. The maximum absolute atomic E-state index is 13.9. The Bertz CT molecular complexity index is 1290. The van der Waals surface area contributed by atoms with Gasteiger partial charge in [0.2, 0.25) is 11.8 Å². The van der Waals surface area contributed by atoms with Gasteiger partial charge in [-0.05, 0) is 76.1 Å². The van der Waals surface area contributed by atoms with E-state index in [0.29, 0.717) is 44.7 Å². The summed E-state index contributed by atoms with van der Waals surface area (Å²) in [5, 5.41) is 18.8. The van der Waals surface area contributed by atoms with Crippen LogP contribution in [0.4, 0.5) is 13.2 Å². The van der Waals surface area contributed by atoms with Crippen molar-refractivity contribution in [3.05, 3.63) is 46.8 Å². The molecular formula is C32H44F3N5O3. The van der Waals surface area contributed by atoms with E-state index in [0.717, 1.165) is 74.0 Å². The molecule has 1 aromatic heterocycles. The van der Waals surface area contributed by atoms with Gasteiger partial charge in [0.25, 0.3) is 0 Å². The summed E-state index contributed by atoms with van der Waals surface area (Å²) in [6.45, 7) is 8.15. The van der Waals surface area contributed by atoms with Crippen LogP contribution >= 0.6 is 0 Å². The second-order valence-electron chi connectivity index (χ2n) is 12.6. The Hall–Kier alpha value is -2.92. The highest BCUT2D eigenvalue weighted by atomic mass is 19.4. The zero-order valence-electron chi connectivity index (χ0n) is 25.4. The minimum absolute atomic E-state index is 0.0295. The zero-order chi connectivity index (χ0) is 30.9. The summed E-state index contributed by atoms with van der Waals surface area (Å²) in [5.74, 6) is -0.295. The highest BCUT2D eigenvalue weighted by Gasteiger charge is 2.55. The van der Waals surface area contributed by atoms with Gasteiger partial charge in [0.15, 0.2) is 0 Å². The molecule has 236 valence electrons. The molecule has 1 saturated carbocycles. The lowest BCUT2D eigenvalue weighted by Crippen LogP contribution is -2.75. The average Bonchev–Trinajstić information content (AvgIpc) is 3.28. The van der Waals surface area contributed by atoms with Crippen molar-refractivity contribution in [1.29, 1.82) is 0 Å². The van der Waals surface area contributed by atoms with Crippen LogP contribution in [0.2, 0.25) is 0 Å². The van der Waals surface area contributed by atoms with Crippen LogP contribution in [-0.2, 0) is 22.3 Å². The molecule has 1 aliphatic carbocycles. The Morgan fingerprint density at radius 1 is 1.07 bits per heavy atom. The lowest BCUT2D eigenvalue weighted by atomic mass is 9.78. The van der Waals surface area contributed by atoms with Gasteiger partial charge >= 0.3 is 6.18 Å². The van der Waals surface area contributed by atoms with E-state index in [1.54, 1.807) is 9.58 Å². The summed E-state index contributed by atoms with van der Waals surface area (Å²) in [7, 11) is 0. The van der Waals surface area contributed by atoms with Crippen LogP contribution in [0.5, 0.6) is 0 Å². The number of aliphatic hydroxyl groups excluding tert-OH is 1. The molecule has 2 unspecified atom stereocenters. The molecule has 3 aliphatic rings. The van der Waals surface area contributed by atoms with Crippen molar-refractivity contribution in [3.63, 3.8) is 0 Å². The normalized spacial score (nSPS) is 22.7. The van der Waals surface area contributed by atoms with Crippen molar-refractivity contribution in [2.45, 2.75) is 109 Å². The largest absolute Gasteiger partial charge is 0.416 e. The molecule has 2 aromatic rings. The number of alkyl halides is 3. The third-order valence-electron chi connectivity index (χ3n) is 9.91. The number of unbranched alkanes of at least 4 members (excludes halogenated alkanes) is 1. The first-order valence-electron chi connectivity index (χ1n) is 15.7. The summed E-state index contributed by atoms with van der Waals surface area (Å²) in [6.07, 6.45) is 2.38. The number of halogens is 3.